The highest BCUT2D eigenvalue weighted by Gasteiger charge is 2.65. The van der Waals surface area contributed by atoms with Crippen molar-refractivity contribution in [2.24, 2.45) is 0 Å². The van der Waals surface area contributed by atoms with E-state index in [1.807, 2.05) is 0 Å². The van der Waals surface area contributed by atoms with Gasteiger partial charge in [-0.15, -0.1) is 0 Å². The molecule has 0 saturated heterocycles. The lowest BCUT2D eigenvalue weighted by Crippen LogP contribution is -2.33. The fourth-order valence-electron chi connectivity index (χ4n) is 3.28. The molecule has 35 heavy (non-hydrogen) atoms. The van der Waals surface area contributed by atoms with Crippen molar-refractivity contribution in [2.75, 3.05) is 16.3 Å². The van der Waals surface area contributed by atoms with Gasteiger partial charge < -0.3 is 5.73 Å². The summed E-state index contributed by atoms with van der Waals surface area (Å²) in [5, 5.41) is 11.6. The van der Waals surface area contributed by atoms with Gasteiger partial charge in [0.15, 0.2) is 11.5 Å². The van der Waals surface area contributed by atoms with Gasteiger partial charge in [-0.3, -0.25) is 9.29 Å². The van der Waals surface area contributed by atoms with Crippen molar-refractivity contribution >= 4 is 55.0 Å². The summed E-state index contributed by atoms with van der Waals surface area (Å²) in [6, 6.07) is 3.65. The van der Waals surface area contributed by atoms with Crippen molar-refractivity contribution < 1.29 is 27.8 Å². The minimum Gasteiger partial charge on any atom is -0.382 e. The van der Waals surface area contributed by atoms with E-state index >= 15 is 0 Å². The Morgan fingerprint density at radius 3 is 2.09 bits per heavy atom. The molecule has 1 unspecified atom stereocenters. The molecule has 1 aromatic carbocycles. The summed E-state index contributed by atoms with van der Waals surface area (Å²) in [6.45, 7) is 1.48. The predicted molar refractivity (Wildman–Crippen MR) is 124 cm³/mol. The van der Waals surface area contributed by atoms with Crippen molar-refractivity contribution in [1.29, 1.82) is 5.26 Å². The number of benzene rings is 1. The molecule has 0 radical (unpaired) electrons. The molecule has 17 heteroatoms. The summed E-state index contributed by atoms with van der Waals surface area (Å²) in [7, 11) is -14.3. The van der Waals surface area contributed by atoms with Gasteiger partial charge in [0, 0.05) is 12.4 Å². The molecule has 3 aromatic rings. The van der Waals surface area contributed by atoms with Crippen LogP contribution in [-0.4, -0.2) is 29.4 Å². The number of nitrogens with zero attached hydrogens (tertiary/aromatic N) is 5. The second-order valence-electron chi connectivity index (χ2n) is 7.33. The second kappa shape index (κ2) is 7.85. The Labute approximate surface area is 206 Å². The molecule has 2 N–H and O–H groups in total. The zero-order valence-corrected chi connectivity index (χ0v) is 20.8. The number of halogens is 7. The molecule has 0 aliphatic rings. The number of aromatic nitrogens is 3. The highest BCUT2D eigenvalue weighted by molar-refractivity contribution is 8.45. The molecule has 1 atom stereocenters. The smallest absolute Gasteiger partial charge is 0.310 e. The SMILES string of the molecule is CC(c1ccncc1)N(c1c(C#N)nn(-c2c(Cl)cc(S(F)(F)(F)(F)F)cc2Cl)c1N)S(C)(=O)=O. The van der Waals surface area contributed by atoms with E-state index in [4.69, 9.17) is 28.9 Å². The molecule has 0 aliphatic heterocycles. The minimum atomic E-state index is -10.1. The van der Waals surface area contributed by atoms with E-state index in [0.717, 1.165) is 10.6 Å². The maximum Gasteiger partial charge on any atom is 0.310 e. The van der Waals surface area contributed by atoms with Crippen LogP contribution in [0.15, 0.2) is 41.6 Å². The van der Waals surface area contributed by atoms with Gasteiger partial charge in [0.1, 0.15) is 22.3 Å². The molecule has 0 bridgehead atoms. The third-order valence-electron chi connectivity index (χ3n) is 4.77. The quantitative estimate of drug-likeness (QED) is 0.348. The molecule has 2 aromatic heterocycles. The fraction of sp³-hybridized carbons (Fsp3) is 0.167. The van der Waals surface area contributed by atoms with Crippen LogP contribution in [0.25, 0.3) is 5.69 Å². The Morgan fingerprint density at radius 2 is 1.66 bits per heavy atom. The van der Waals surface area contributed by atoms with Crippen LogP contribution in [-0.2, 0) is 10.0 Å². The zero-order valence-electron chi connectivity index (χ0n) is 17.6. The summed E-state index contributed by atoms with van der Waals surface area (Å²) >= 11 is 11.7. The normalized spacial score (nSPS) is 15.1. The van der Waals surface area contributed by atoms with E-state index in [1.54, 1.807) is 6.07 Å². The largest absolute Gasteiger partial charge is 0.382 e. The van der Waals surface area contributed by atoms with Gasteiger partial charge in [-0.05, 0) is 36.8 Å². The molecule has 0 amide bonds. The van der Waals surface area contributed by atoms with Crippen LogP contribution >= 0.6 is 33.4 Å². The first-order valence-corrected chi connectivity index (χ1v) is 13.7. The van der Waals surface area contributed by atoms with E-state index in [-0.39, 0.29) is 12.1 Å². The Morgan fingerprint density at radius 1 is 1.14 bits per heavy atom. The van der Waals surface area contributed by atoms with Gasteiger partial charge in [0.25, 0.3) is 0 Å². The number of nitrogens with two attached hydrogens (primary N) is 1. The maximum atomic E-state index is 13.2. The molecule has 0 aliphatic carbocycles. The number of pyridine rings is 1. The van der Waals surface area contributed by atoms with E-state index in [9.17, 15) is 33.1 Å². The van der Waals surface area contributed by atoms with Crippen LogP contribution in [0, 0.1) is 11.3 Å². The Kier molecular flexibility index (Phi) is 6.01. The molecule has 2 heterocycles. The van der Waals surface area contributed by atoms with Crippen molar-refractivity contribution in [3.05, 3.63) is 58.0 Å². The van der Waals surface area contributed by atoms with E-state index in [2.05, 4.69) is 10.1 Å². The maximum absolute atomic E-state index is 13.2. The number of anilines is 2. The first-order chi connectivity index (χ1) is 15.8. The number of nitrogen functional groups attached to an aromatic ring is 1. The lowest BCUT2D eigenvalue weighted by atomic mass is 10.1. The molecule has 190 valence electrons. The average Bonchev–Trinajstić information content (AvgIpc) is 3.01. The topological polar surface area (TPSA) is 118 Å². The highest BCUT2D eigenvalue weighted by atomic mass is 35.5. The number of nitriles is 1. The molecular formula is C18H15Cl2F5N6O2S2. The van der Waals surface area contributed by atoms with Gasteiger partial charge in [-0.1, -0.05) is 42.6 Å². The monoisotopic (exact) mass is 576 g/mol. The van der Waals surface area contributed by atoms with Gasteiger partial charge in [-0.2, -0.15) is 10.4 Å². The Bertz CT molecular complexity index is 1450. The Hall–Kier alpha value is -2.80. The van der Waals surface area contributed by atoms with Gasteiger partial charge >= 0.3 is 10.2 Å². The van der Waals surface area contributed by atoms with E-state index in [1.165, 1.54) is 31.5 Å². The lowest BCUT2D eigenvalue weighted by Gasteiger charge is -2.40. The van der Waals surface area contributed by atoms with Crippen LogP contribution < -0.4 is 10.0 Å². The van der Waals surface area contributed by atoms with Crippen molar-refractivity contribution in [2.45, 2.75) is 17.9 Å². The predicted octanol–water partition coefficient (Wildman–Crippen LogP) is 6.21. The molecular weight excluding hydrogens is 562 g/mol. The van der Waals surface area contributed by atoms with E-state index in [0.29, 0.717) is 10.2 Å². The van der Waals surface area contributed by atoms with E-state index < -0.39 is 64.1 Å². The molecule has 0 spiro atoms. The zero-order chi connectivity index (χ0) is 26.6. The van der Waals surface area contributed by atoms with Crippen LogP contribution in [0.4, 0.5) is 30.9 Å². The summed E-state index contributed by atoms with van der Waals surface area (Å²) in [6.07, 6.45) is 3.65. The summed E-state index contributed by atoms with van der Waals surface area (Å²) < 4.78 is 93.1. The van der Waals surface area contributed by atoms with Crippen LogP contribution in [0.3, 0.4) is 0 Å². The lowest BCUT2D eigenvalue weighted by molar-refractivity contribution is 0.364. The van der Waals surface area contributed by atoms with Gasteiger partial charge in [0.05, 0.1) is 22.3 Å². The molecule has 0 saturated carbocycles. The number of hydrogen-bond acceptors (Lipinski definition) is 6. The third-order valence-corrected chi connectivity index (χ3v) is 7.68. The minimum absolute atomic E-state index is 0.0505. The molecule has 0 fully saturated rings. The molecule has 3 rings (SSSR count). The fourth-order valence-corrected chi connectivity index (χ4v) is 5.94. The standard InChI is InChI=1S/C18H15Cl2F5N6O2S2/c1-10(11-3-5-28-6-4-11)31(34(2,32)33)17-15(9-26)29-30(18(17)27)16-13(19)7-12(8-14(16)20)35(21,22,23,24)25/h3-8,10H,27H2,1-2H3. The summed E-state index contributed by atoms with van der Waals surface area (Å²) in [5.41, 5.74) is 5.02. The van der Waals surface area contributed by atoms with Crippen LogP contribution in [0.2, 0.25) is 10.0 Å². The second-order valence-corrected chi connectivity index (χ2v) is 12.4. The first-order valence-electron chi connectivity index (χ1n) is 9.17. The number of hydrogen-bond donors (Lipinski definition) is 1. The van der Waals surface area contributed by atoms with Crippen molar-refractivity contribution in [1.82, 2.24) is 14.8 Å². The van der Waals surface area contributed by atoms with Crippen LogP contribution in [0.5, 0.6) is 0 Å². The molecule has 8 nitrogen and oxygen atoms in total. The summed E-state index contributed by atoms with van der Waals surface area (Å²) in [4.78, 5) is 1.50. The summed E-state index contributed by atoms with van der Waals surface area (Å²) in [5.74, 6) is -0.545. The van der Waals surface area contributed by atoms with Crippen molar-refractivity contribution in [3.63, 3.8) is 0 Å². The Balaban J connectivity index is 2.29. The number of rotatable bonds is 6. The first kappa shape index (κ1) is 26.8. The highest BCUT2D eigenvalue weighted by Crippen LogP contribution is 3.02. The van der Waals surface area contributed by atoms with Crippen LogP contribution in [0.1, 0.15) is 24.2 Å². The number of sulfonamides is 1. The van der Waals surface area contributed by atoms with Crippen molar-refractivity contribution in [3.8, 4) is 11.8 Å². The van der Waals surface area contributed by atoms with Gasteiger partial charge in [-0.25, -0.2) is 13.1 Å². The van der Waals surface area contributed by atoms with Gasteiger partial charge in [0.2, 0.25) is 10.0 Å². The average molecular weight is 577 g/mol. The third kappa shape index (κ3) is 5.25.